The Morgan fingerprint density at radius 3 is 2.76 bits per heavy atom. The van der Waals surface area contributed by atoms with Crippen molar-refractivity contribution in [3.8, 4) is 0 Å². The summed E-state index contributed by atoms with van der Waals surface area (Å²) in [5.41, 5.74) is 0. The van der Waals surface area contributed by atoms with Gasteiger partial charge in [0.05, 0.1) is 25.9 Å². The van der Waals surface area contributed by atoms with Crippen molar-refractivity contribution in [3.63, 3.8) is 0 Å². The minimum atomic E-state index is -0.458. The van der Waals surface area contributed by atoms with Crippen LogP contribution in [0.3, 0.4) is 0 Å². The van der Waals surface area contributed by atoms with Crippen molar-refractivity contribution in [2.24, 2.45) is 5.92 Å². The van der Waals surface area contributed by atoms with Crippen molar-refractivity contribution in [3.05, 3.63) is 0 Å². The van der Waals surface area contributed by atoms with E-state index in [4.69, 9.17) is 9.84 Å². The van der Waals surface area contributed by atoms with Gasteiger partial charge < -0.3 is 15.2 Å². The van der Waals surface area contributed by atoms with Crippen LogP contribution in [0.15, 0.2) is 0 Å². The SMILES string of the molecule is CC(C)CCNC(=O)NC(=O)CN1CC(CO)OCC1C. The molecule has 21 heavy (non-hydrogen) atoms. The molecular weight excluding hydrogens is 274 g/mol. The number of ether oxygens (including phenoxy) is 1. The largest absolute Gasteiger partial charge is 0.394 e. The molecular formula is C14H27N3O4. The second-order valence-corrected chi connectivity index (χ2v) is 5.90. The van der Waals surface area contributed by atoms with Crippen molar-refractivity contribution in [1.29, 1.82) is 0 Å². The third-order valence-corrected chi connectivity index (χ3v) is 3.45. The van der Waals surface area contributed by atoms with Gasteiger partial charge in [0, 0.05) is 19.1 Å². The number of morpholine rings is 1. The summed E-state index contributed by atoms with van der Waals surface area (Å²) in [4.78, 5) is 25.3. The smallest absolute Gasteiger partial charge is 0.321 e. The highest BCUT2D eigenvalue weighted by Crippen LogP contribution is 2.10. The fourth-order valence-corrected chi connectivity index (χ4v) is 2.07. The predicted octanol–water partition coefficient (Wildman–Crippen LogP) is -0.0601. The van der Waals surface area contributed by atoms with E-state index in [1.807, 2.05) is 11.8 Å². The molecule has 1 fully saturated rings. The first-order valence-electron chi connectivity index (χ1n) is 7.46. The van der Waals surface area contributed by atoms with Crippen LogP contribution in [-0.4, -0.2) is 66.9 Å². The molecule has 0 aliphatic carbocycles. The van der Waals surface area contributed by atoms with E-state index in [9.17, 15) is 9.59 Å². The quantitative estimate of drug-likeness (QED) is 0.639. The van der Waals surface area contributed by atoms with Crippen LogP contribution in [0.5, 0.6) is 0 Å². The fraction of sp³-hybridized carbons (Fsp3) is 0.857. The van der Waals surface area contributed by atoms with Crippen LogP contribution < -0.4 is 10.6 Å². The number of amides is 3. The first-order chi connectivity index (χ1) is 9.92. The number of hydrogen-bond donors (Lipinski definition) is 3. The number of imide groups is 1. The van der Waals surface area contributed by atoms with Crippen LogP contribution in [0.2, 0.25) is 0 Å². The zero-order chi connectivity index (χ0) is 15.8. The van der Waals surface area contributed by atoms with Gasteiger partial charge in [0.25, 0.3) is 0 Å². The lowest BCUT2D eigenvalue weighted by Crippen LogP contribution is -2.53. The van der Waals surface area contributed by atoms with E-state index in [1.165, 1.54) is 0 Å². The Balaban J connectivity index is 2.30. The average molecular weight is 301 g/mol. The maximum absolute atomic E-state index is 11.8. The number of nitrogens with one attached hydrogen (secondary N) is 2. The van der Waals surface area contributed by atoms with Crippen molar-refractivity contribution < 1.29 is 19.4 Å². The summed E-state index contributed by atoms with van der Waals surface area (Å²) >= 11 is 0. The lowest BCUT2D eigenvalue weighted by atomic mass is 10.1. The highest BCUT2D eigenvalue weighted by molar-refractivity contribution is 5.95. The van der Waals surface area contributed by atoms with E-state index in [-0.39, 0.29) is 31.2 Å². The molecule has 3 N–H and O–H groups in total. The molecule has 0 saturated carbocycles. The summed E-state index contributed by atoms with van der Waals surface area (Å²) in [7, 11) is 0. The average Bonchev–Trinajstić information content (AvgIpc) is 2.40. The molecule has 0 radical (unpaired) electrons. The van der Waals surface area contributed by atoms with Gasteiger partial charge in [0.1, 0.15) is 0 Å². The third-order valence-electron chi connectivity index (χ3n) is 3.45. The van der Waals surface area contributed by atoms with Crippen LogP contribution in [0.4, 0.5) is 4.79 Å². The number of aliphatic hydroxyl groups excluding tert-OH is 1. The minimum absolute atomic E-state index is 0.0689. The Kier molecular flexibility index (Phi) is 7.63. The van der Waals surface area contributed by atoms with Crippen LogP contribution in [-0.2, 0) is 9.53 Å². The number of nitrogens with zero attached hydrogens (tertiary/aromatic N) is 1. The van der Waals surface area contributed by atoms with Crippen molar-refractivity contribution >= 4 is 11.9 Å². The normalized spacial score (nSPS) is 23.1. The second-order valence-electron chi connectivity index (χ2n) is 5.90. The lowest BCUT2D eigenvalue weighted by molar-refractivity contribution is -0.126. The van der Waals surface area contributed by atoms with E-state index in [1.54, 1.807) is 0 Å². The minimum Gasteiger partial charge on any atom is -0.394 e. The van der Waals surface area contributed by atoms with E-state index in [0.717, 1.165) is 6.42 Å². The molecule has 0 spiro atoms. The molecule has 2 atom stereocenters. The summed E-state index contributed by atoms with van der Waals surface area (Å²) in [6.07, 6.45) is 0.606. The molecule has 1 aliphatic heterocycles. The van der Waals surface area contributed by atoms with Crippen molar-refractivity contribution in [2.45, 2.75) is 39.3 Å². The van der Waals surface area contributed by atoms with Gasteiger partial charge >= 0.3 is 6.03 Å². The van der Waals surface area contributed by atoms with E-state index in [2.05, 4.69) is 24.5 Å². The van der Waals surface area contributed by atoms with Crippen LogP contribution in [0.25, 0.3) is 0 Å². The summed E-state index contributed by atoms with van der Waals surface area (Å²) in [5, 5.41) is 14.1. The molecule has 7 heteroatoms. The summed E-state index contributed by atoms with van der Waals surface area (Å²) in [6.45, 7) is 7.66. The molecule has 3 amide bonds. The predicted molar refractivity (Wildman–Crippen MR) is 78.9 cm³/mol. The Morgan fingerprint density at radius 2 is 2.14 bits per heavy atom. The second kappa shape index (κ2) is 8.96. The number of carbonyl (C=O) groups excluding carboxylic acids is 2. The molecule has 1 aliphatic rings. The maximum atomic E-state index is 11.8. The molecule has 2 unspecified atom stereocenters. The van der Waals surface area contributed by atoms with Gasteiger partial charge in [-0.15, -0.1) is 0 Å². The molecule has 0 bridgehead atoms. The number of urea groups is 1. The van der Waals surface area contributed by atoms with Crippen LogP contribution in [0, 0.1) is 5.92 Å². The van der Waals surface area contributed by atoms with E-state index >= 15 is 0 Å². The zero-order valence-corrected chi connectivity index (χ0v) is 13.1. The molecule has 1 saturated heterocycles. The third kappa shape index (κ3) is 6.88. The Labute approximate surface area is 126 Å². The molecule has 1 rings (SSSR count). The number of rotatable bonds is 6. The standard InChI is InChI=1S/C14H27N3O4/c1-10(2)4-5-15-14(20)16-13(19)7-17-6-12(8-18)21-9-11(17)3/h10-12,18H,4-9H2,1-3H3,(H2,15,16,19,20). The highest BCUT2D eigenvalue weighted by atomic mass is 16.5. The van der Waals surface area contributed by atoms with Gasteiger partial charge in [-0.25, -0.2) is 4.79 Å². The Hall–Kier alpha value is -1.18. The maximum Gasteiger partial charge on any atom is 0.321 e. The van der Waals surface area contributed by atoms with Crippen molar-refractivity contribution in [1.82, 2.24) is 15.5 Å². The highest BCUT2D eigenvalue weighted by Gasteiger charge is 2.27. The Morgan fingerprint density at radius 1 is 1.43 bits per heavy atom. The van der Waals surface area contributed by atoms with Gasteiger partial charge in [0.2, 0.25) is 5.91 Å². The summed E-state index contributed by atoms with van der Waals surface area (Å²) < 4.78 is 5.41. The number of hydrogen-bond acceptors (Lipinski definition) is 5. The summed E-state index contributed by atoms with van der Waals surface area (Å²) in [6, 6.07) is -0.372. The molecule has 122 valence electrons. The van der Waals surface area contributed by atoms with Crippen LogP contribution >= 0.6 is 0 Å². The number of carbonyl (C=O) groups is 2. The first kappa shape index (κ1) is 17.9. The molecule has 0 aromatic heterocycles. The molecule has 7 nitrogen and oxygen atoms in total. The number of aliphatic hydroxyl groups is 1. The van der Waals surface area contributed by atoms with Crippen LogP contribution in [0.1, 0.15) is 27.2 Å². The van der Waals surface area contributed by atoms with Gasteiger partial charge in [0.15, 0.2) is 0 Å². The lowest BCUT2D eigenvalue weighted by Gasteiger charge is -2.36. The first-order valence-corrected chi connectivity index (χ1v) is 7.46. The topological polar surface area (TPSA) is 90.9 Å². The van der Waals surface area contributed by atoms with E-state index in [0.29, 0.717) is 25.6 Å². The van der Waals surface area contributed by atoms with Gasteiger partial charge in [-0.05, 0) is 19.3 Å². The van der Waals surface area contributed by atoms with E-state index < -0.39 is 6.03 Å². The fourth-order valence-electron chi connectivity index (χ4n) is 2.07. The monoisotopic (exact) mass is 301 g/mol. The Bertz CT molecular complexity index is 349. The molecule has 0 aromatic carbocycles. The van der Waals surface area contributed by atoms with Gasteiger partial charge in [-0.2, -0.15) is 0 Å². The molecule has 1 heterocycles. The van der Waals surface area contributed by atoms with Crippen molar-refractivity contribution in [2.75, 3.05) is 32.8 Å². The van der Waals surface area contributed by atoms with Gasteiger partial charge in [-0.3, -0.25) is 15.0 Å². The summed E-state index contributed by atoms with van der Waals surface area (Å²) in [5.74, 6) is 0.160. The zero-order valence-electron chi connectivity index (χ0n) is 13.1. The molecule has 0 aromatic rings. The van der Waals surface area contributed by atoms with Gasteiger partial charge in [-0.1, -0.05) is 13.8 Å².